The molecule has 1 fully saturated rings. The van der Waals surface area contributed by atoms with Crippen LogP contribution in [-0.2, 0) is 5.41 Å². The molecule has 1 aromatic rings. The van der Waals surface area contributed by atoms with Gasteiger partial charge in [-0.05, 0) is 43.3 Å². The molecule has 1 aliphatic carbocycles. The van der Waals surface area contributed by atoms with E-state index in [2.05, 4.69) is 43.7 Å². The zero-order valence-electron chi connectivity index (χ0n) is 9.21. The van der Waals surface area contributed by atoms with Gasteiger partial charge in [0.15, 0.2) is 0 Å². The van der Waals surface area contributed by atoms with Crippen molar-refractivity contribution in [2.45, 2.75) is 25.7 Å². The standard InChI is InChI=1S/C12H19NS/c1-9(2)12(7-10(12)8-13-3)11-5-4-6-14-11/h4-6,9-10,13H,7-8H2,1-3H3. The van der Waals surface area contributed by atoms with Gasteiger partial charge in [0.2, 0.25) is 0 Å². The van der Waals surface area contributed by atoms with Crippen LogP contribution >= 0.6 is 11.3 Å². The third kappa shape index (κ3) is 1.41. The first kappa shape index (κ1) is 10.2. The Morgan fingerprint density at radius 3 is 2.93 bits per heavy atom. The van der Waals surface area contributed by atoms with Crippen molar-refractivity contribution in [1.29, 1.82) is 0 Å². The lowest BCUT2D eigenvalue weighted by molar-refractivity contribution is 0.440. The van der Waals surface area contributed by atoms with E-state index < -0.39 is 0 Å². The van der Waals surface area contributed by atoms with Crippen LogP contribution in [0.4, 0.5) is 0 Å². The first-order valence-corrected chi connectivity index (χ1v) is 6.28. The predicted octanol–water partition coefficient (Wildman–Crippen LogP) is 2.88. The molecule has 1 heterocycles. The maximum absolute atomic E-state index is 3.31. The lowest BCUT2D eigenvalue weighted by Gasteiger charge is -2.20. The molecule has 14 heavy (non-hydrogen) atoms. The van der Waals surface area contributed by atoms with E-state index in [4.69, 9.17) is 0 Å². The van der Waals surface area contributed by atoms with Crippen molar-refractivity contribution in [3.8, 4) is 0 Å². The predicted molar refractivity (Wildman–Crippen MR) is 62.9 cm³/mol. The van der Waals surface area contributed by atoms with E-state index in [-0.39, 0.29) is 0 Å². The third-order valence-electron chi connectivity index (χ3n) is 3.61. The smallest absolute Gasteiger partial charge is 0.0114 e. The highest BCUT2D eigenvalue weighted by atomic mass is 32.1. The van der Waals surface area contributed by atoms with E-state index in [1.54, 1.807) is 4.88 Å². The normalized spacial score (nSPS) is 31.0. The highest BCUT2D eigenvalue weighted by molar-refractivity contribution is 7.10. The summed E-state index contributed by atoms with van der Waals surface area (Å²) in [5.41, 5.74) is 0.497. The minimum atomic E-state index is 0.497. The molecule has 1 aliphatic rings. The van der Waals surface area contributed by atoms with Crippen molar-refractivity contribution in [3.63, 3.8) is 0 Å². The Labute approximate surface area is 90.5 Å². The highest BCUT2D eigenvalue weighted by Crippen LogP contribution is 2.59. The summed E-state index contributed by atoms with van der Waals surface area (Å²) < 4.78 is 0. The molecule has 1 N–H and O–H groups in total. The number of nitrogens with one attached hydrogen (secondary N) is 1. The molecule has 78 valence electrons. The van der Waals surface area contributed by atoms with Gasteiger partial charge in [0, 0.05) is 10.3 Å². The molecule has 0 aromatic carbocycles. The maximum Gasteiger partial charge on any atom is 0.0114 e. The zero-order valence-corrected chi connectivity index (χ0v) is 10.0. The molecule has 0 aliphatic heterocycles. The van der Waals surface area contributed by atoms with Crippen molar-refractivity contribution < 1.29 is 0 Å². The summed E-state index contributed by atoms with van der Waals surface area (Å²) in [4.78, 5) is 1.59. The largest absolute Gasteiger partial charge is 0.319 e. The van der Waals surface area contributed by atoms with Crippen molar-refractivity contribution in [3.05, 3.63) is 22.4 Å². The second-order valence-corrected chi connectivity index (χ2v) is 5.58. The minimum Gasteiger partial charge on any atom is -0.319 e. The highest BCUT2D eigenvalue weighted by Gasteiger charge is 2.57. The van der Waals surface area contributed by atoms with Crippen LogP contribution in [-0.4, -0.2) is 13.6 Å². The molecule has 1 saturated carbocycles. The molecule has 2 atom stereocenters. The first-order valence-electron chi connectivity index (χ1n) is 5.40. The van der Waals surface area contributed by atoms with Crippen LogP contribution in [0.15, 0.2) is 17.5 Å². The maximum atomic E-state index is 3.31. The number of thiophene rings is 1. The molecule has 2 heteroatoms. The fraction of sp³-hybridized carbons (Fsp3) is 0.667. The molecule has 0 spiro atoms. The number of rotatable bonds is 4. The van der Waals surface area contributed by atoms with Gasteiger partial charge < -0.3 is 5.32 Å². The fourth-order valence-corrected chi connectivity index (χ4v) is 3.85. The van der Waals surface area contributed by atoms with Crippen molar-refractivity contribution in [2.24, 2.45) is 11.8 Å². The Morgan fingerprint density at radius 2 is 2.43 bits per heavy atom. The average molecular weight is 209 g/mol. The summed E-state index contributed by atoms with van der Waals surface area (Å²) in [6.07, 6.45) is 1.37. The number of hydrogen-bond donors (Lipinski definition) is 1. The van der Waals surface area contributed by atoms with Gasteiger partial charge in [-0.15, -0.1) is 11.3 Å². The molecule has 0 bridgehead atoms. The third-order valence-corrected chi connectivity index (χ3v) is 4.68. The molecule has 1 aromatic heterocycles. The van der Waals surface area contributed by atoms with Gasteiger partial charge in [-0.25, -0.2) is 0 Å². The van der Waals surface area contributed by atoms with E-state index in [1.807, 2.05) is 11.3 Å². The van der Waals surface area contributed by atoms with E-state index in [1.165, 1.54) is 6.42 Å². The fourth-order valence-electron chi connectivity index (χ4n) is 2.69. The van der Waals surface area contributed by atoms with Gasteiger partial charge in [0.25, 0.3) is 0 Å². The van der Waals surface area contributed by atoms with Gasteiger partial charge in [0.1, 0.15) is 0 Å². The molecular formula is C12H19NS. The Bertz CT molecular complexity index is 291. The van der Waals surface area contributed by atoms with Crippen LogP contribution in [0.25, 0.3) is 0 Å². The first-order chi connectivity index (χ1) is 6.71. The van der Waals surface area contributed by atoms with Gasteiger partial charge in [-0.3, -0.25) is 0 Å². The van der Waals surface area contributed by atoms with Crippen molar-refractivity contribution in [1.82, 2.24) is 5.32 Å². The van der Waals surface area contributed by atoms with Crippen LogP contribution in [0, 0.1) is 11.8 Å². The molecule has 0 saturated heterocycles. The average Bonchev–Trinajstić information content (AvgIpc) is 2.62. The summed E-state index contributed by atoms with van der Waals surface area (Å²) in [5, 5.41) is 5.51. The van der Waals surface area contributed by atoms with E-state index >= 15 is 0 Å². The van der Waals surface area contributed by atoms with Gasteiger partial charge in [-0.1, -0.05) is 19.9 Å². The lowest BCUT2D eigenvalue weighted by atomic mass is 9.88. The second kappa shape index (κ2) is 3.67. The summed E-state index contributed by atoms with van der Waals surface area (Å²) in [6, 6.07) is 4.49. The SMILES string of the molecule is CNCC1CC1(c1cccs1)C(C)C. The summed E-state index contributed by atoms with van der Waals surface area (Å²) in [6.45, 7) is 5.88. The monoisotopic (exact) mass is 209 g/mol. The molecular weight excluding hydrogens is 190 g/mol. The quantitative estimate of drug-likeness (QED) is 0.804. The summed E-state index contributed by atoms with van der Waals surface area (Å²) >= 11 is 1.92. The molecule has 1 nitrogen and oxygen atoms in total. The number of hydrogen-bond acceptors (Lipinski definition) is 2. The molecule has 0 radical (unpaired) electrons. The Kier molecular flexibility index (Phi) is 2.67. The van der Waals surface area contributed by atoms with Crippen LogP contribution in [0.5, 0.6) is 0 Å². The Hall–Kier alpha value is -0.340. The lowest BCUT2D eigenvalue weighted by Crippen LogP contribution is -2.22. The van der Waals surface area contributed by atoms with E-state index in [0.717, 1.165) is 18.4 Å². The van der Waals surface area contributed by atoms with Gasteiger partial charge >= 0.3 is 0 Å². The van der Waals surface area contributed by atoms with Crippen molar-refractivity contribution >= 4 is 11.3 Å². The summed E-state index contributed by atoms with van der Waals surface area (Å²) in [7, 11) is 2.05. The minimum absolute atomic E-state index is 0.497. The molecule has 0 amide bonds. The molecule has 2 unspecified atom stereocenters. The Balaban J connectivity index is 2.19. The van der Waals surface area contributed by atoms with Crippen LogP contribution in [0.2, 0.25) is 0 Å². The Morgan fingerprint density at radius 1 is 1.64 bits per heavy atom. The van der Waals surface area contributed by atoms with E-state index in [0.29, 0.717) is 5.41 Å². The van der Waals surface area contributed by atoms with Crippen LogP contribution in [0.3, 0.4) is 0 Å². The van der Waals surface area contributed by atoms with Crippen molar-refractivity contribution in [2.75, 3.05) is 13.6 Å². The van der Waals surface area contributed by atoms with Gasteiger partial charge in [0.05, 0.1) is 0 Å². The topological polar surface area (TPSA) is 12.0 Å². The van der Waals surface area contributed by atoms with Crippen LogP contribution in [0.1, 0.15) is 25.1 Å². The summed E-state index contributed by atoms with van der Waals surface area (Å²) in [5.74, 6) is 1.62. The van der Waals surface area contributed by atoms with Gasteiger partial charge in [-0.2, -0.15) is 0 Å². The second-order valence-electron chi connectivity index (χ2n) is 4.63. The molecule has 2 rings (SSSR count). The van der Waals surface area contributed by atoms with E-state index in [9.17, 15) is 0 Å². The van der Waals surface area contributed by atoms with Crippen LogP contribution < -0.4 is 5.32 Å². The zero-order chi connectivity index (χ0) is 10.2.